The van der Waals surface area contributed by atoms with Gasteiger partial charge in [-0.15, -0.1) is 0 Å². The van der Waals surface area contributed by atoms with Crippen LogP contribution in [-0.4, -0.2) is 29.6 Å². The molecule has 0 radical (unpaired) electrons. The number of aromatic nitrogens is 2. The summed E-state index contributed by atoms with van der Waals surface area (Å²) < 4.78 is 0. The lowest BCUT2D eigenvalue weighted by Gasteiger charge is -2.01. The van der Waals surface area contributed by atoms with Gasteiger partial charge in [0.2, 0.25) is 0 Å². The standard InChI is InChI=1S/C7H12N4O/c1-8-7(12)11-3-2-6-9-4-5-10-6/h4-5H,2-3H2,1H3,(H,9,10)(H2,8,11,12). The van der Waals surface area contributed by atoms with Crippen LogP contribution in [0.4, 0.5) is 4.79 Å². The van der Waals surface area contributed by atoms with E-state index in [0.29, 0.717) is 6.54 Å². The molecule has 2 amide bonds. The van der Waals surface area contributed by atoms with Gasteiger partial charge in [-0.05, 0) is 0 Å². The summed E-state index contributed by atoms with van der Waals surface area (Å²) in [6.45, 7) is 0.590. The summed E-state index contributed by atoms with van der Waals surface area (Å²) in [4.78, 5) is 17.6. The van der Waals surface area contributed by atoms with Gasteiger partial charge in [0, 0.05) is 32.4 Å². The summed E-state index contributed by atoms with van der Waals surface area (Å²) in [5.74, 6) is 0.881. The van der Waals surface area contributed by atoms with E-state index in [9.17, 15) is 4.79 Å². The fourth-order valence-corrected chi connectivity index (χ4v) is 0.818. The average Bonchev–Trinajstić information content (AvgIpc) is 2.57. The minimum absolute atomic E-state index is 0.165. The number of carbonyl (C=O) groups is 1. The summed E-state index contributed by atoms with van der Waals surface area (Å²) in [6.07, 6.45) is 4.17. The maximum atomic E-state index is 10.7. The minimum Gasteiger partial charge on any atom is -0.349 e. The highest BCUT2D eigenvalue weighted by Gasteiger charge is 1.96. The van der Waals surface area contributed by atoms with Crippen molar-refractivity contribution in [2.24, 2.45) is 0 Å². The Balaban J connectivity index is 2.15. The molecule has 12 heavy (non-hydrogen) atoms. The second-order valence-electron chi connectivity index (χ2n) is 2.29. The second kappa shape index (κ2) is 4.38. The normalized spacial score (nSPS) is 9.42. The molecule has 0 saturated carbocycles. The third-order valence-electron chi connectivity index (χ3n) is 1.43. The van der Waals surface area contributed by atoms with Crippen molar-refractivity contribution in [3.63, 3.8) is 0 Å². The van der Waals surface area contributed by atoms with Crippen LogP contribution in [0.1, 0.15) is 5.82 Å². The van der Waals surface area contributed by atoms with Gasteiger partial charge in [-0.2, -0.15) is 0 Å². The van der Waals surface area contributed by atoms with E-state index in [1.165, 1.54) is 0 Å². The molecule has 0 aliphatic carbocycles. The molecule has 5 heteroatoms. The Hall–Kier alpha value is -1.52. The van der Waals surface area contributed by atoms with E-state index in [-0.39, 0.29) is 6.03 Å². The number of hydrogen-bond acceptors (Lipinski definition) is 2. The highest BCUT2D eigenvalue weighted by Crippen LogP contribution is 1.87. The monoisotopic (exact) mass is 168 g/mol. The second-order valence-corrected chi connectivity index (χ2v) is 2.29. The molecule has 1 rings (SSSR count). The first-order valence-corrected chi connectivity index (χ1v) is 3.77. The zero-order valence-electron chi connectivity index (χ0n) is 6.92. The summed E-state index contributed by atoms with van der Waals surface area (Å²) >= 11 is 0. The fourth-order valence-electron chi connectivity index (χ4n) is 0.818. The molecule has 0 saturated heterocycles. The zero-order chi connectivity index (χ0) is 8.81. The number of hydrogen-bond donors (Lipinski definition) is 3. The van der Waals surface area contributed by atoms with E-state index < -0.39 is 0 Å². The SMILES string of the molecule is CNC(=O)NCCc1ncc[nH]1. The zero-order valence-corrected chi connectivity index (χ0v) is 6.92. The molecular formula is C7H12N4O. The molecule has 3 N–H and O–H groups in total. The van der Waals surface area contributed by atoms with Crippen molar-refractivity contribution < 1.29 is 4.79 Å². The van der Waals surface area contributed by atoms with E-state index in [0.717, 1.165) is 12.2 Å². The third kappa shape index (κ3) is 2.61. The van der Waals surface area contributed by atoms with E-state index in [2.05, 4.69) is 20.6 Å². The number of rotatable bonds is 3. The summed E-state index contributed by atoms with van der Waals surface area (Å²) in [6, 6.07) is -0.165. The molecule has 1 aromatic rings. The van der Waals surface area contributed by atoms with Crippen LogP contribution in [0.15, 0.2) is 12.4 Å². The topological polar surface area (TPSA) is 69.8 Å². The maximum absolute atomic E-state index is 10.7. The summed E-state index contributed by atoms with van der Waals surface area (Å²) in [7, 11) is 1.59. The lowest BCUT2D eigenvalue weighted by Crippen LogP contribution is -2.34. The van der Waals surface area contributed by atoms with Crippen molar-refractivity contribution >= 4 is 6.03 Å². The van der Waals surface area contributed by atoms with Crippen LogP contribution in [-0.2, 0) is 6.42 Å². The van der Waals surface area contributed by atoms with Gasteiger partial charge in [0.1, 0.15) is 5.82 Å². The molecule has 0 spiro atoms. The van der Waals surface area contributed by atoms with Crippen molar-refractivity contribution in [2.45, 2.75) is 6.42 Å². The molecule has 1 heterocycles. The Morgan fingerprint density at radius 2 is 2.58 bits per heavy atom. The van der Waals surface area contributed by atoms with Crippen LogP contribution in [0, 0.1) is 0 Å². The first-order valence-electron chi connectivity index (χ1n) is 3.77. The summed E-state index contributed by atoms with van der Waals surface area (Å²) in [5, 5.41) is 5.12. The van der Waals surface area contributed by atoms with E-state index in [4.69, 9.17) is 0 Å². The molecule has 66 valence electrons. The lowest BCUT2D eigenvalue weighted by atomic mass is 10.4. The molecule has 0 atom stereocenters. The van der Waals surface area contributed by atoms with Crippen LogP contribution in [0.2, 0.25) is 0 Å². The average molecular weight is 168 g/mol. The number of aromatic amines is 1. The van der Waals surface area contributed by atoms with Gasteiger partial charge in [0.05, 0.1) is 0 Å². The molecule has 1 aromatic heterocycles. The predicted octanol–water partition coefficient (Wildman–Crippen LogP) is -0.119. The van der Waals surface area contributed by atoms with Crippen molar-refractivity contribution in [1.82, 2.24) is 20.6 Å². The lowest BCUT2D eigenvalue weighted by molar-refractivity contribution is 0.243. The summed E-state index contributed by atoms with van der Waals surface area (Å²) in [5.41, 5.74) is 0. The largest absolute Gasteiger partial charge is 0.349 e. The number of H-pyrrole nitrogens is 1. The van der Waals surface area contributed by atoms with Gasteiger partial charge in [-0.25, -0.2) is 9.78 Å². The van der Waals surface area contributed by atoms with Crippen LogP contribution in [0.5, 0.6) is 0 Å². The number of nitrogens with zero attached hydrogens (tertiary/aromatic N) is 1. The van der Waals surface area contributed by atoms with Gasteiger partial charge in [0.25, 0.3) is 0 Å². The first-order chi connectivity index (χ1) is 5.83. The molecule has 0 aliphatic heterocycles. The first kappa shape index (κ1) is 8.58. The Labute approximate surface area is 70.6 Å². The number of nitrogens with one attached hydrogen (secondary N) is 3. The number of urea groups is 1. The minimum atomic E-state index is -0.165. The van der Waals surface area contributed by atoms with E-state index in [1.807, 2.05) is 0 Å². The van der Waals surface area contributed by atoms with E-state index in [1.54, 1.807) is 19.4 Å². The fraction of sp³-hybridized carbons (Fsp3) is 0.429. The Morgan fingerprint density at radius 3 is 3.17 bits per heavy atom. The molecule has 0 aromatic carbocycles. The van der Waals surface area contributed by atoms with Crippen molar-refractivity contribution in [3.8, 4) is 0 Å². The van der Waals surface area contributed by atoms with Crippen molar-refractivity contribution in [2.75, 3.05) is 13.6 Å². The third-order valence-corrected chi connectivity index (χ3v) is 1.43. The van der Waals surface area contributed by atoms with Crippen LogP contribution in [0.3, 0.4) is 0 Å². The number of carbonyl (C=O) groups excluding carboxylic acids is 1. The Bertz CT molecular complexity index is 232. The molecule has 0 unspecified atom stereocenters. The van der Waals surface area contributed by atoms with Crippen LogP contribution in [0.25, 0.3) is 0 Å². The van der Waals surface area contributed by atoms with Gasteiger partial charge < -0.3 is 15.6 Å². The Morgan fingerprint density at radius 1 is 1.75 bits per heavy atom. The molecule has 0 fully saturated rings. The highest BCUT2D eigenvalue weighted by atomic mass is 16.2. The van der Waals surface area contributed by atoms with Crippen LogP contribution < -0.4 is 10.6 Å². The van der Waals surface area contributed by atoms with Crippen LogP contribution >= 0.6 is 0 Å². The van der Waals surface area contributed by atoms with Gasteiger partial charge in [-0.1, -0.05) is 0 Å². The van der Waals surface area contributed by atoms with Gasteiger partial charge >= 0.3 is 6.03 Å². The number of amides is 2. The van der Waals surface area contributed by atoms with Crippen molar-refractivity contribution in [3.05, 3.63) is 18.2 Å². The van der Waals surface area contributed by atoms with Gasteiger partial charge in [-0.3, -0.25) is 0 Å². The number of imidazole rings is 1. The highest BCUT2D eigenvalue weighted by molar-refractivity contribution is 5.73. The molecular weight excluding hydrogens is 156 g/mol. The smallest absolute Gasteiger partial charge is 0.314 e. The molecule has 5 nitrogen and oxygen atoms in total. The van der Waals surface area contributed by atoms with E-state index >= 15 is 0 Å². The Kier molecular flexibility index (Phi) is 3.13. The quantitative estimate of drug-likeness (QED) is 0.589. The predicted molar refractivity (Wildman–Crippen MR) is 44.8 cm³/mol. The molecule has 0 aliphatic rings. The maximum Gasteiger partial charge on any atom is 0.314 e. The molecule has 0 bridgehead atoms. The van der Waals surface area contributed by atoms with Gasteiger partial charge in [0.15, 0.2) is 0 Å². The van der Waals surface area contributed by atoms with Crippen molar-refractivity contribution in [1.29, 1.82) is 0 Å².